The van der Waals surface area contributed by atoms with Crippen LogP contribution in [-0.4, -0.2) is 0 Å². The van der Waals surface area contributed by atoms with Crippen molar-refractivity contribution in [2.24, 2.45) is 11.8 Å². The van der Waals surface area contributed by atoms with Gasteiger partial charge in [0.1, 0.15) is 0 Å². The summed E-state index contributed by atoms with van der Waals surface area (Å²) in [5.74, 6) is 2.28. The molecule has 0 aromatic carbocycles. The molecule has 0 amide bonds. The summed E-state index contributed by atoms with van der Waals surface area (Å²) < 4.78 is 0. The Morgan fingerprint density at radius 1 is 0.909 bits per heavy atom. The van der Waals surface area contributed by atoms with Crippen molar-refractivity contribution in [2.75, 3.05) is 0 Å². The molecule has 1 rings (SSSR count). The van der Waals surface area contributed by atoms with E-state index in [1.165, 1.54) is 38.5 Å². The summed E-state index contributed by atoms with van der Waals surface area (Å²) in [7, 11) is 0. The maximum Gasteiger partial charge on any atom is -0.0383 e. The maximum atomic E-state index is 2.30. The van der Waals surface area contributed by atoms with Crippen molar-refractivity contribution >= 4 is 0 Å². The summed E-state index contributed by atoms with van der Waals surface area (Å²) in [4.78, 5) is 0. The number of rotatable bonds is 6. The highest BCUT2D eigenvalue weighted by Gasteiger charge is 2.34. The first kappa shape index (κ1) is 9.09. The number of unbranched alkanes of at least 4 members (excludes halogenated alkanes) is 2. The monoisotopic (exact) mass is 154 g/mol. The lowest BCUT2D eigenvalue weighted by Gasteiger charge is -1.97. The molecule has 0 heteroatoms. The topological polar surface area (TPSA) is 0 Å². The summed E-state index contributed by atoms with van der Waals surface area (Å²) in [6.45, 7) is 4.59. The molecule has 0 nitrogen and oxygen atoms in total. The molecule has 0 spiro atoms. The average molecular weight is 154 g/mol. The zero-order valence-corrected chi connectivity index (χ0v) is 8.10. The predicted octanol–water partition coefficient (Wildman–Crippen LogP) is 4.00. The van der Waals surface area contributed by atoms with Gasteiger partial charge in [0.2, 0.25) is 0 Å². The van der Waals surface area contributed by atoms with Gasteiger partial charge in [0, 0.05) is 0 Å². The first-order valence-electron chi connectivity index (χ1n) is 5.38. The van der Waals surface area contributed by atoms with Crippen LogP contribution in [0.2, 0.25) is 0 Å². The van der Waals surface area contributed by atoms with E-state index in [0.717, 1.165) is 11.8 Å². The zero-order chi connectivity index (χ0) is 8.10. The fraction of sp³-hybridized carbons (Fsp3) is 1.00. The molecule has 0 N–H and O–H groups in total. The van der Waals surface area contributed by atoms with Gasteiger partial charge in [-0.05, 0) is 18.3 Å². The molecule has 1 aliphatic carbocycles. The first-order valence-corrected chi connectivity index (χ1v) is 5.38. The Morgan fingerprint density at radius 3 is 1.73 bits per heavy atom. The van der Waals surface area contributed by atoms with E-state index in [1.807, 2.05) is 0 Å². The first-order chi connectivity index (χ1) is 5.38. The lowest BCUT2D eigenvalue weighted by Crippen LogP contribution is -1.83. The maximum absolute atomic E-state index is 2.30. The second-order valence-electron chi connectivity index (χ2n) is 4.04. The summed E-state index contributed by atoms with van der Waals surface area (Å²) in [5.41, 5.74) is 0. The average Bonchev–Trinajstić information content (AvgIpc) is 2.76. The van der Waals surface area contributed by atoms with E-state index in [2.05, 4.69) is 13.8 Å². The van der Waals surface area contributed by atoms with Gasteiger partial charge in [0.25, 0.3) is 0 Å². The van der Waals surface area contributed by atoms with E-state index < -0.39 is 0 Å². The molecule has 1 aliphatic rings. The largest absolute Gasteiger partial charge is 0.0654 e. The van der Waals surface area contributed by atoms with Crippen LogP contribution in [0.1, 0.15) is 58.8 Å². The van der Waals surface area contributed by atoms with Gasteiger partial charge in [-0.3, -0.25) is 0 Å². The second-order valence-corrected chi connectivity index (χ2v) is 4.04. The molecule has 1 saturated carbocycles. The van der Waals surface area contributed by atoms with Crippen LogP contribution >= 0.6 is 0 Å². The minimum absolute atomic E-state index is 1.14. The minimum Gasteiger partial charge on any atom is -0.0654 e. The molecular formula is C11H22. The molecule has 0 bridgehead atoms. The van der Waals surface area contributed by atoms with Crippen LogP contribution in [0, 0.1) is 11.8 Å². The third-order valence-corrected chi connectivity index (χ3v) is 2.93. The third-order valence-electron chi connectivity index (χ3n) is 2.93. The minimum atomic E-state index is 1.14. The van der Waals surface area contributed by atoms with Crippen molar-refractivity contribution in [3.8, 4) is 0 Å². The lowest BCUT2D eigenvalue weighted by atomic mass is 10.1. The Balaban J connectivity index is 1.89. The van der Waals surface area contributed by atoms with Gasteiger partial charge in [-0.25, -0.2) is 0 Å². The highest BCUT2D eigenvalue weighted by Crippen LogP contribution is 2.45. The standard InChI is InChI=1S/C11H22/c1-3-5-7-10-9-11(10)8-6-4-2/h10-11H,3-9H2,1-2H3/t10-,11-/m0/s1. The van der Waals surface area contributed by atoms with Crippen LogP contribution in [0.3, 0.4) is 0 Å². The molecular weight excluding hydrogens is 132 g/mol. The van der Waals surface area contributed by atoms with Crippen LogP contribution in [0.5, 0.6) is 0 Å². The molecule has 66 valence electrons. The molecule has 0 heterocycles. The molecule has 0 aromatic heterocycles. The summed E-state index contributed by atoms with van der Waals surface area (Å²) in [6.07, 6.45) is 10.3. The van der Waals surface area contributed by atoms with Crippen molar-refractivity contribution in [1.82, 2.24) is 0 Å². The molecule has 0 saturated heterocycles. The number of hydrogen-bond donors (Lipinski definition) is 0. The lowest BCUT2D eigenvalue weighted by molar-refractivity contribution is 0.559. The Kier molecular flexibility index (Phi) is 3.96. The molecule has 0 aliphatic heterocycles. The van der Waals surface area contributed by atoms with Crippen molar-refractivity contribution in [2.45, 2.75) is 58.8 Å². The summed E-state index contributed by atoms with van der Waals surface area (Å²) in [5, 5.41) is 0. The van der Waals surface area contributed by atoms with Crippen molar-refractivity contribution in [3.63, 3.8) is 0 Å². The van der Waals surface area contributed by atoms with E-state index in [1.54, 1.807) is 6.42 Å². The van der Waals surface area contributed by atoms with Gasteiger partial charge in [-0.15, -0.1) is 0 Å². The molecule has 0 radical (unpaired) electrons. The van der Waals surface area contributed by atoms with Crippen LogP contribution in [-0.2, 0) is 0 Å². The second kappa shape index (κ2) is 4.79. The highest BCUT2D eigenvalue weighted by atomic mass is 14.4. The van der Waals surface area contributed by atoms with E-state index in [9.17, 15) is 0 Å². The van der Waals surface area contributed by atoms with Crippen molar-refractivity contribution in [3.05, 3.63) is 0 Å². The molecule has 1 fully saturated rings. The van der Waals surface area contributed by atoms with E-state index in [-0.39, 0.29) is 0 Å². The van der Waals surface area contributed by atoms with Crippen LogP contribution in [0.25, 0.3) is 0 Å². The summed E-state index contributed by atoms with van der Waals surface area (Å²) in [6, 6.07) is 0. The van der Waals surface area contributed by atoms with Gasteiger partial charge in [-0.2, -0.15) is 0 Å². The predicted molar refractivity (Wildman–Crippen MR) is 50.6 cm³/mol. The SMILES string of the molecule is CCCC[C@H]1C[C@@H]1CCCC. The quantitative estimate of drug-likeness (QED) is 0.542. The Morgan fingerprint density at radius 2 is 1.36 bits per heavy atom. The smallest absolute Gasteiger partial charge is 0.0383 e. The van der Waals surface area contributed by atoms with Gasteiger partial charge in [0.05, 0.1) is 0 Å². The normalized spacial score (nSPS) is 28.9. The van der Waals surface area contributed by atoms with Crippen LogP contribution in [0.4, 0.5) is 0 Å². The van der Waals surface area contributed by atoms with Crippen molar-refractivity contribution < 1.29 is 0 Å². The molecule has 0 unspecified atom stereocenters. The fourth-order valence-corrected chi connectivity index (χ4v) is 1.95. The van der Waals surface area contributed by atoms with E-state index in [4.69, 9.17) is 0 Å². The van der Waals surface area contributed by atoms with Crippen LogP contribution < -0.4 is 0 Å². The van der Waals surface area contributed by atoms with Crippen molar-refractivity contribution in [1.29, 1.82) is 0 Å². The molecule has 11 heavy (non-hydrogen) atoms. The van der Waals surface area contributed by atoms with Gasteiger partial charge in [-0.1, -0.05) is 52.4 Å². The summed E-state index contributed by atoms with van der Waals surface area (Å²) >= 11 is 0. The Labute approximate surface area is 71.4 Å². The zero-order valence-electron chi connectivity index (χ0n) is 8.10. The Bertz CT molecular complexity index is 84.2. The van der Waals surface area contributed by atoms with Gasteiger partial charge >= 0.3 is 0 Å². The highest BCUT2D eigenvalue weighted by molar-refractivity contribution is 4.85. The fourth-order valence-electron chi connectivity index (χ4n) is 1.95. The van der Waals surface area contributed by atoms with Crippen LogP contribution in [0.15, 0.2) is 0 Å². The molecule has 2 atom stereocenters. The Hall–Kier alpha value is 0. The van der Waals surface area contributed by atoms with Gasteiger partial charge in [0.15, 0.2) is 0 Å². The van der Waals surface area contributed by atoms with E-state index in [0.29, 0.717) is 0 Å². The van der Waals surface area contributed by atoms with Gasteiger partial charge < -0.3 is 0 Å². The molecule has 0 aromatic rings. The van der Waals surface area contributed by atoms with E-state index >= 15 is 0 Å². The third kappa shape index (κ3) is 3.27. The number of hydrogen-bond acceptors (Lipinski definition) is 0.